The summed E-state index contributed by atoms with van der Waals surface area (Å²) in [6.07, 6.45) is 3.48. The van der Waals surface area contributed by atoms with E-state index in [9.17, 15) is 10.2 Å². The van der Waals surface area contributed by atoms with Gasteiger partial charge >= 0.3 is 0 Å². The average molecular weight is 169 g/mol. The minimum atomic E-state index is -0.206. The van der Waals surface area contributed by atoms with Gasteiger partial charge in [0.25, 0.3) is 0 Å². The van der Waals surface area contributed by atoms with Gasteiger partial charge < -0.3 is 15.4 Å². The molecule has 1 aromatic rings. The monoisotopic (exact) mass is 169 g/mol. The molecule has 0 atom stereocenters. The molecular formula is C8H11NO3. The van der Waals surface area contributed by atoms with Crippen LogP contribution in [0.2, 0.25) is 0 Å². The molecule has 1 heterocycles. The van der Waals surface area contributed by atoms with Gasteiger partial charge in [-0.1, -0.05) is 0 Å². The highest BCUT2D eigenvalue weighted by Crippen LogP contribution is 2.37. The normalized spacial score (nSPS) is 16.0. The lowest BCUT2D eigenvalue weighted by molar-refractivity contribution is 0.129. The summed E-state index contributed by atoms with van der Waals surface area (Å²) in [4.78, 5) is 0. The topological polar surface area (TPSA) is 65.6 Å². The predicted octanol–water partition coefficient (Wildman–Crippen LogP) is 1.02. The molecule has 0 radical (unpaired) electrons. The molecule has 3 N–H and O–H groups in total. The molecule has 0 fully saturated rings. The van der Waals surface area contributed by atoms with Crippen molar-refractivity contribution in [1.82, 2.24) is 4.73 Å². The Bertz CT molecular complexity index is 287. The largest absolute Gasteiger partial charge is 0.492 e. The third kappa shape index (κ3) is 0.776. The van der Waals surface area contributed by atoms with Gasteiger partial charge in [-0.25, -0.2) is 0 Å². The molecule has 0 spiro atoms. The summed E-state index contributed by atoms with van der Waals surface area (Å²) in [5.41, 5.74) is 1.39. The molecule has 0 amide bonds. The fourth-order valence-corrected chi connectivity index (χ4v) is 1.75. The lowest BCUT2D eigenvalue weighted by Gasteiger charge is -2.09. The van der Waals surface area contributed by atoms with Crippen LogP contribution in [0.4, 0.5) is 0 Å². The van der Waals surface area contributed by atoms with E-state index < -0.39 is 0 Å². The molecule has 0 aromatic carbocycles. The number of aromatic nitrogens is 1. The van der Waals surface area contributed by atoms with Crippen LogP contribution in [0.15, 0.2) is 0 Å². The average Bonchev–Trinajstić information content (AvgIpc) is 2.33. The Labute approximate surface area is 69.6 Å². The van der Waals surface area contributed by atoms with Crippen molar-refractivity contribution < 1.29 is 15.4 Å². The first-order valence-electron chi connectivity index (χ1n) is 4.05. The number of fused-ring (bicyclic) bond motifs is 1. The fourth-order valence-electron chi connectivity index (χ4n) is 1.75. The lowest BCUT2D eigenvalue weighted by Crippen LogP contribution is -1.98. The van der Waals surface area contributed by atoms with Crippen molar-refractivity contribution in [1.29, 1.82) is 0 Å². The van der Waals surface area contributed by atoms with Crippen LogP contribution in [0.5, 0.6) is 11.8 Å². The zero-order valence-electron chi connectivity index (χ0n) is 6.62. The molecule has 0 unspecified atom stereocenters. The maximum atomic E-state index is 9.32. The van der Waals surface area contributed by atoms with Crippen molar-refractivity contribution in [3.63, 3.8) is 0 Å². The van der Waals surface area contributed by atoms with Crippen LogP contribution < -0.4 is 0 Å². The Morgan fingerprint density at radius 3 is 1.75 bits per heavy atom. The van der Waals surface area contributed by atoms with E-state index in [1.165, 1.54) is 0 Å². The van der Waals surface area contributed by atoms with Crippen molar-refractivity contribution in [3.8, 4) is 11.8 Å². The summed E-state index contributed by atoms with van der Waals surface area (Å²) in [6, 6.07) is 0. The number of hydrogen-bond donors (Lipinski definition) is 3. The van der Waals surface area contributed by atoms with Gasteiger partial charge in [-0.3, -0.25) is 0 Å². The van der Waals surface area contributed by atoms with Crippen LogP contribution >= 0.6 is 0 Å². The molecule has 4 heteroatoms. The van der Waals surface area contributed by atoms with E-state index in [2.05, 4.69) is 0 Å². The molecule has 1 aliphatic rings. The van der Waals surface area contributed by atoms with E-state index in [1.54, 1.807) is 0 Å². The third-order valence-corrected chi connectivity index (χ3v) is 2.41. The summed E-state index contributed by atoms with van der Waals surface area (Å²) >= 11 is 0. The van der Waals surface area contributed by atoms with E-state index in [1.807, 2.05) is 0 Å². The molecule has 1 aliphatic carbocycles. The molecule has 0 saturated heterocycles. The second kappa shape index (κ2) is 2.33. The second-order valence-corrected chi connectivity index (χ2v) is 3.12. The standard InChI is InChI=1S/C8H11NO3/c10-7-5-3-1-2-4-6(5)8(11)9(7)12/h10-12H,1-4H2. The van der Waals surface area contributed by atoms with Crippen LogP contribution in [-0.2, 0) is 12.8 Å². The highest BCUT2D eigenvalue weighted by Gasteiger charge is 2.23. The summed E-state index contributed by atoms with van der Waals surface area (Å²) in [5, 5.41) is 27.7. The van der Waals surface area contributed by atoms with E-state index in [0.29, 0.717) is 15.9 Å². The molecule has 0 saturated carbocycles. The minimum Gasteiger partial charge on any atom is -0.492 e. The number of nitrogens with zero attached hydrogens (tertiary/aromatic N) is 1. The van der Waals surface area contributed by atoms with Crippen LogP contribution in [0.3, 0.4) is 0 Å². The quantitative estimate of drug-likeness (QED) is 0.508. The molecule has 0 bridgehead atoms. The summed E-state index contributed by atoms with van der Waals surface area (Å²) in [6.45, 7) is 0. The van der Waals surface area contributed by atoms with Gasteiger partial charge in [0.15, 0.2) is 0 Å². The number of hydrogen-bond acceptors (Lipinski definition) is 3. The maximum absolute atomic E-state index is 9.32. The summed E-state index contributed by atoms with van der Waals surface area (Å²) in [7, 11) is 0. The highest BCUT2D eigenvalue weighted by atomic mass is 16.5. The van der Waals surface area contributed by atoms with E-state index in [-0.39, 0.29) is 11.8 Å². The van der Waals surface area contributed by atoms with Crippen LogP contribution in [-0.4, -0.2) is 20.2 Å². The highest BCUT2D eigenvalue weighted by molar-refractivity contribution is 5.45. The van der Waals surface area contributed by atoms with Gasteiger partial charge in [0.2, 0.25) is 11.8 Å². The zero-order chi connectivity index (χ0) is 8.72. The van der Waals surface area contributed by atoms with Gasteiger partial charge in [0.05, 0.1) is 0 Å². The molecule has 0 aliphatic heterocycles. The first kappa shape index (κ1) is 7.34. The van der Waals surface area contributed by atoms with E-state index in [4.69, 9.17) is 5.21 Å². The smallest absolute Gasteiger partial charge is 0.232 e. The SMILES string of the molecule is Oc1c2c(c(O)n1O)CCCC2. The molecule has 1 aromatic heterocycles. The second-order valence-electron chi connectivity index (χ2n) is 3.12. The zero-order valence-corrected chi connectivity index (χ0v) is 6.62. The Hall–Kier alpha value is -1.32. The Morgan fingerprint density at radius 1 is 0.917 bits per heavy atom. The molecule has 4 nitrogen and oxygen atoms in total. The van der Waals surface area contributed by atoms with Crippen LogP contribution in [0.1, 0.15) is 24.0 Å². The first-order chi connectivity index (χ1) is 5.72. The van der Waals surface area contributed by atoms with Crippen molar-refractivity contribution >= 4 is 0 Å². The Kier molecular flexibility index (Phi) is 1.43. The van der Waals surface area contributed by atoms with Gasteiger partial charge in [-0.2, -0.15) is 0 Å². The van der Waals surface area contributed by atoms with Gasteiger partial charge in [0, 0.05) is 11.1 Å². The molecule has 66 valence electrons. The van der Waals surface area contributed by atoms with Crippen molar-refractivity contribution in [2.45, 2.75) is 25.7 Å². The Morgan fingerprint density at radius 2 is 1.33 bits per heavy atom. The minimum absolute atomic E-state index is 0.206. The van der Waals surface area contributed by atoms with Crippen LogP contribution in [0, 0.1) is 0 Å². The first-order valence-corrected chi connectivity index (χ1v) is 4.05. The third-order valence-electron chi connectivity index (χ3n) is 2.41. The summed E-state index contributed by atoms with van der Waals surface area (Å²) < 4.78 is 0.454. The molecule has 2 rings (SSSR count). The fraction of sp³-hybridized carbons (Fsp3) is 0.500. The van der Waals surface area contributed by atoms with Crippen LogP contribution in [0.25, 0.3) is 0 Å². The number of aromatic hydroxyl groups is 2. The molecule has 12 heavy (non-hydrogen) atoms. The predicted molar refractivity (Wildman–Crippen MR) is 41.6 cm³/mol. The van der Waals surface area contributed by atoms with E-state index in [0.717, 1.165) is 25.7 Å². The molecular weight excluding hydrogens is 158 g/mol. The van der Waals surface area contributed by atoms with Crippen molar-refractivity contribution in [2.75, 3.05) is 0 Å². The Balaban J connectivity index is 2.60. The maximum Gasteiger partial charge on any atom is 0.232 e. The van der Waals surface area contributed by atoms with Gasteiger partial charge in [0.1, 0.15) is 0 Å². The van der Waals surface area contributed by atoms with Crippen molar-refractivity contribution in [3.05, 3.63) is 11.1 Å². The summed E-state index contributed by atoms with van der Waals surface area (Å²) in [5.74, 6) is -0.413. The van der Waals surface area contributed by atoms with Crippen molar-refractivity contribution in [2.24, 2.45) is 0 Å². The van der Waals surface area contributed by atoms with Gasteiger partial charge in [-0.05, 0) is 25.7 Å². The lowest BCUT2D eigenvalue weighted by atomic mass is 9.95. The number of rotatable bonds is 0. The van der Waals surface area contributed by atoms with E-state index >= 15 is 0 Å². The van der Waals surface area contributed by atoms with Gasteiger partial charge in [-0.15, -0.1) is 4.73 Å².